The summed E-state index contributed by atoms with van der Waals surface area (Å²) in [5.41, 5.74) is 1.31. The summed E-state index contributed by atoms with van der Waals surface area (Å²) in [6, 6.07) is 8.65. The Hall–Kier alpha value is -1.82. The number of hydrogen-bond donors (Lipinski definition) is 2. The predicted molar refractivity (Wildman–Crippen MR) is 102 cm³/mol. The van der Waals surface area contributed by atoms with Gasteiger partial charge in [0.2, 0.25) is 5.88 Å². The molecule has 0 unspecified atom stereocenters. The summed E-state index contributed by atoms with van der Waals surface area (Å²) < 4.78 is 5.84. The summed E-state index contributed by atoms with van der Waals surface area (Å²) in [5, 5.41) is 4.14. The first-order valence-corrected chi connectivity index (χ1v) is 12.9. The quantitative estimate of drug-likeness (QED) is 0.810. The normalized spacial score (nSPS) is 21.0. The van der Waals surface area contributed by atoms with Gasteiger partial charge in [-0.05, 0) is 44.2 Å². The van der Waals surface area contributed by atoms with Crippen molar-refractivity contribution >= 4 is 25.0 Å². The molecule has 6 heteroatoms. The van der Waals surface area contributed by atoms with E-state index in [1.165, 1.54) is 18.5 Å². The summed E-state index contributed by atoms with van der Waals surface area (Å²) in [4.78, 5) is 20.2. The van der Waals surface area contributed by atoms with Gasteiger partial charge < -0.3 is 15.0 Å². The fourth-order valence-corrected chi connectivity index (χ4v) is 6.15. The van der Waals surface area contributed by atoms with Gasteiger partial charge in [0.25, 0.3) is 5.91 Å². The second-order valence-corrected chi connectivity index (χ2v) is 13.7. The molecule has 1 aliphatic heterocycles. The van der Waals surface area contributed by atoms with E-state index in [4.69, 9.17) is 4.74 Å². The fourth-order valence-electron chi connectivity index (χ4n) is 3.64. The monoisotopic (exact) mass is 357 g/mol. The minimum atomic E-state index is -0.990. The molecule has 2 aliphatic rings. The van der Waals surface area contributed by atoms with Gasteiger partial charge in [-0.1, -0.05) is 25.2 Å². The molecule has 1 saturated heterocycles. The number of ether oxygens (including phenoxy) is 1. The lowest BCUT2D eigenvalue weighted by molar-refractivity contribution is 0.0929. The molecular formula is C19H27N3O2Si. The van der Waals surface area contributed by atoms with Crippen molar-refractivity contribution in [2.45, 2.75) is 69.4 Å². The van der Waals surface area contributed by atoms with Crippen LogP contribution in [0.4, 0.5) is 0 Å². The van der Waals surface area contributed by atoms with Crippen LogP contribution in [0.2, 0.25) is 25.2 Å². The van der Waals surface area contributed by atoms with Crippen LogP contribution in [-0.4, -0.2) is 36.1 Å². The van der Waals surface area contributed by atoms with E-state index in [-0.39, 0.29) is 5.91 Å². The molecule has 2 N–H and O–H groups in total. The van der Waals surface area contributed by atoms with Crippen molar-refractivity contribution < 1.29 is 9.53 Å². The molecule has 134 valence electrons. The maximum atomic E-state index is 12.6. The maximum Gasteiger partial charge on any atom is 0.267 e. The molecule has 5 nitrogen and oxygen atoms in total. The van der Waals surface area contributed by atoms with Crippen LogP contribution in [0.25, 0.3) is 11.0 Å². The number of hydrogen-bond acceptors (Lipinski definition) is 3. The van der Waals surface area contributed by atoms with Gasteiger partial charge in [-0.15, -0.1) is 0 Å². The third-order valence-electron chi connectivity index (χ3n) is 5.71. The number of rotatable bonds is 4. The SMILES string of the molecule is C[Si]1(C)CCC(NC(=O)c2cc3ccc(OC4CCC4)nc3[nH]2)CC1. The summed E-state index contributed by atoms with van der Waals surface area (Å²) >= 11 is 0. The highest BCUT2D eigenvalue weighted by atomic mass is 28.3. The molecule has 2 aromatic rings. The van der Waals surface area contributed by atoms with E-state index in [9.17, 15) is 4.79 Å². The lowest BCUT2D eigenvalue weighted by Crippen LogP contribution is -2.42. The van der Waals surface area contributed by atoms with Crippen LogP contribution in [0.1, 0.15) is 42.6 Å². The summed E-state index contributed by atoms with van der Waals surface area (Å²) in [6.45, 7) is 4.88. The largest absolute Gasteiger partial charge is 0.474 e. The van der Waals surface area contributed by atoms with Crippen LogP contribution in [0, 0.1) is 0 Å². The average molecular weight is 358 g/mol. The van der Waals surface area contributed by atoms with Crippen molar-refractivity contribution in [3.8, 4) is 5.88 Å². The number of fused-ring (bicyclic) bond motifs is 1. The third-order valence-corrected chi connectivity index (χ3v) is 9.00. The molecule has 0 aromatic carbocycles. The molecule has 1 amide bonds. The smallest absolute Gasteiger partial charge is 0.267 e. The lowest BCUT2D eigenvalue weighted by atomic mass is 9.96. The maximum absolute atomic E-state index is 12.6. The van der Waals surface area contributed by atoms with Gasteiger partial charge in [-0.3, -0.25) is 4.79 Å². The molecule has 2 aromatic heterocycles. The van der Waals surface area contributed by atoms with Crippen molar-refractivity contribution in [3.05, 3.63) is 23.9 Å². The van der Waals surface area contributed by atoms with E-state index in [1.807, 2.05) is 18.2 Å². The van der Waals surface area contributed by atoms with Gasteiger partial charge >= 0.3 is 0 Å². The molecule has 0 bridgehead atoms. The Morgan fingerprint density at radius 1 is 1.24 bits per heavy atom. The van der Waals surface area contributed by atoms with E-state index in [0.29, 0.717) is 23.7 Å². The molecule has 3 heterocycles. The number of carbonyl (C=O) groups is 1. The van der Waals surface area contributed by atoms with Gasteiger partial charge in [0.15, 0.2) is 0 Å². The van der Waals surface area contributed by atoms with Crippen molar-refractivity contribution in [1.82, 2.24) is 15.3 Å². The highest BCUT2D eigenvalue weighted by Gasteiger charge is 2.29. The van der Waals surface area contributed by atoms with Crippen molar-refractivity contribution in [2.75, 3.05) is 0 Å². The Morgan fingerprint density at radius 2 is 2.00 bits per heavy atom. The topological polar surface area (TPSA) is 67.0 Å². The summed E-state index contributed by atoms with van der Waals surface area (Å²) in [6.07, 6.45) is 5.99. The van der Waals surface area contributed by atoms with Crippen LogP contribution in [0.15, 0.2) is 18.2 Å². The van der Waals surface area contributed by atoms with Crippen molar-refractivity contribution in [2.24, 2.45) is 0 Å². The minimum absolute atomic E-state index is 0.0224. The Morgan fingerprint density at radius 3 is 2.68 bits per heavy atom. The molecule has 1 saturated carbocycles. The Bertz CT molecular complexity index is 772. The molecular weight excluding hydrogens is 330 g/mol. The Balaban J connectivity index is 1.42. The van der Waals surface area contributed by atoms with Crippen molar-refractivity contribution in [1.29, 1.82) is 0 Å². The summed E-state index contributed by atoms with van der Waals surface area (Å²) in [7, 11) is -0.990. The fraction of sp³-hybridized carbons (Fsp3) is 0.579. The van der Waals surface area contributed by atoms with Crippen LogP contribution in [0.5, 0.6) is 5.88 Å². The molecule has 1 aliphatic carbocycles. The van der Waals surface area contributed by atoms with Crippen LogP contribution in [0.3, 0.4) is 0 Å². The lowest BCUT2D eigenvalue weighted by Gasteiger charge is -2.33. The van der Waals surface area contributed by atoms with E-state index in [2.05, 4.69) is 28.4 Å². The third kappa shape index (κ3) is 3.73. The second kappa shape index (κ2) is 6.48. The number of carbonyl (C=O) groups excluding carboxylic acids is 1. The number of H-pyrrole nitrogens is 1. The number of aromatic amines is 1. The molecule has 4 rings (SSSR count). The number of aromatic nitrogens is 2. The van der Waals surface area contributed by atoms with Crippen LogP contribution < -0.4 is 10.1 Å². The van der Waals surface area contributed by atoms with Crippen LogP contribution in [-0.2, 0) is 0 Å². The number of pyridine rings is 1. The van der Waals surface area contributed by atoms with Gasteiger partial charge in [0, 0.05) is 25.6 Å². The minimum Gasteiger partial charge on any atom is -0.474 e. The Labute approximate surface area is 149 Å². The molecule has 25 heavy (non-hydrogen) atoms. The van der Waals surface area contributed by atoms with E-state index in [1.54, 1.807) is 0 Å². The standard InChI is InChI=1S/C19H27N3O2Si/c1-25(2)10-8-14(9-11-25)20-19(23)16-12-13-6-7-17(22-18(13)21-16)24-15-4-3-5-15/h6-7,12,14-15H,3-5,8-11H2,1-2H3,(H,20,23)(H,21,22). The number of amides is 1. The number of nitrogens with zero attached hydrogens (tertiary/aromatic N) is 1. The van der Waals surface area contributed by atoms with E-state index < -0.39 is 8.07 Å². The number of nitrogens with one attached hydrogen (secondary N) is 2. The zero-order valence-electron chi connectivity index (χ0n) is 15.1. The first kappa shape index (κ1) is 16.6. The van der Waals surface area contributed by atoms with Gasteiger partial charge in [-0.25, -0.2) is 0 Å². The average Bonchev–Trinajstić information content (AvgIpc) is 2.96. The van der Waals surface area contributed by atoms with Gasteiger partial charge in [0.1, 0.15) is 17.4 Å². The predicted octanol–water partition coefficient (Wildman–Crippen LogP) is 4.09. The first-order chi connectivity index (χ1) is 12.0. The Kier molecular flexibility index (Phi) is 4.31. The zero-order valence-corrected chi connectivity index (χ0v) is 16.1. The highest BCUT2D eigenvalue weighted by molar-refractivity contribution is 6.77. The zero-order chi connectivity index (χ0) is 17.4. The van der Waals surface area contributed by atoms with Crippen molar-refractivity contribution in [3.63, 3.8) is 0 Å². The highest BCUT2D eigenvalue weighted by Crippen LogP contribution is 2.29. The second-order valence-electron chi connectivity index (χ2n) is 8.35. The van der Waals surface area contributed by atoms with Gasteiger partial charge in [0.05, 0.1) is 0 Å². The molecule has 0 radical (unpaired) electrons. The van der Waals surface area contributed by atoms with E-state index in [0.717, 1.165) is 36.7 Å². The van der Waals surface area contributed by atoms with Crippen LogP contribution >= 0.6 is 0 Å². The molecule has 0 atom stereocenters. The first-order valence-electron chi connectivity index (χ1n) is 9.46. The molecule has 0 spiro atoms. The summed E-state index contributed by atoms with van der Waals surface area (Å²) in [5.74, 6) is 0.622. The molecule has 2 fully saturated rings. The van der Waals surface area contributed by atoms with Gasteiger partial charge in [-0.2, -0.15) is 4.98 Å². The van der Waals surface area contributed by atoms with E-state index >= 15 is 0 Å².